The zero-order valence-corrected chi connectivity index (χ0v) is 23.6. The van der Waals surface area contributed by atoms with E-state index < -0.39 is 29.6 Å². The van der Waals surface area contributed by atoms with Gasteiger partial charge in [-0.2, -0.15) is 0 Å². The maximum Gasteiger partial charge on any atom is 0.246 e. The normalized spacial score (nSPS) is 29.2. The molecule has 2 aromatic carbocycles. The van der Waals surface area contributed by atoms with Gasteiger partial charge in [-0.05, 0) is 48.9 Å². The number of rotatable bonds is 7. The molecule has 3 amide bonds. The second-order valence-corrected chi connectivity index (χ2v) is 12.3. The summed E-state index contributed by atoms with van der Waals surface area (Å²) < 4.78 is 6.49. The molecule has 5 atom stereocenters. The summed E-state index contributed by atoms with van der Waals surface area (Å²) in [5.74, 6) is -1.73. The zero-order valence-electron chi connectivity index (χ0n) is 23.6. The number of fused-ring (bicyclic) bond motifs is 1. The Kier molecular flexibility index (Phi) is 7.03. The molecule has 6 rings (SSSR count). The van der Waals surface area contributed by atoms with Gasteiger partial charge in [0, 0.05) is 18.3 Å². The number of nitrogens with one attached hydrogen (secondary N) is 2. The van der Waals surface area contributed by atoms with Gasteiger partial charge in [0.05, 0.1) is 17.9 Å². The number of carbonyl (C=O) groups is 3. The molecular weight excluding hydrogens is 502 g/mol. The van der Waals surface area contributed by atoms with Gasteiger partial charge in [0.2, 0.25) is 17.7 Å². The fraction of sp³-hybridized carbons (Fsp3) is 0.485. The third-order valence-electron chi connectivity index (χ3n) is 9.19. The van der Waals surface area contributed by atoms with Gasteiger partial charge in [0.25, 0.3) is 0 Å². The molecule has 3 heterocycles. The highest BCUT2D eigenvalue weighted by Gasteiger charge is 2.72. The third-order valence-corrected chi connectivity index (χ3v) is 9.19. The Hall–Kier alpha value is -3.45. The molecule has 7 heteroatoms. The van der Waals surface area contributed by atoms with Crippen molar-refractivity contribution < 1.29 is 19.1 Å². The molecule has 1 saturated carbocycles. The minimum Gasteiger partial charge on any atom is -0.359 e. The number of benzene rings is 2. The Balaban J connectivity index is 1.30. The lowest BCUT2D eigenvalue weighted by atomic mass is 9.74. The van der Waals surface area contributed by atoms with E-state index >= 15 is 0 Å². The van der Waals surface area contributed by atoms with Crippen LogP contribution in [0.4, 0.5) is 5.69 Å². The smallest absolute Gasteiger partial charge is 0.246 e. The van der Waals surface area contributed by atoms with Crippen molar-refractivity contribution in [2.75, 3.05) is 5.32 Å². The molecule has 0 radical (unpaired) electrons. The molecule has 0 unspecified atom stereocenters. The summed E-state index contributed by atoms with van der Waals surface area (Å²) in [6.07, 6.45) is 8.46. The lowest BCUT2D eigenvalue weighted by Gasteiger charge is -2.34. The Bertz CT molecular complexity index is 1310. The standard InChI is InChI=1S/C33H39N3O4/c1-20(2)23-13-15-25(16-14-23)34-30(37)27-26-17-18-33(40-26)28(27)32(39)36(19-22-11-9-21(3)10-12-22)29(33)31(38)35-24-7-5-4-6-8-24/h9-18,20,24,26-29H,4-8,19H2,1-3H3,(H,34,37)(H,35,38)/t26-,27+,28-,29-,33+/m1/s1. The minimum atomic E-state index is -1.16. The molecule has 7 nitrogen and oxygen atoms in total. The maximum absolute atomic E-state index is 14.2. The largest absolute Gasteiger partial charge is 0.359 e. The second kappa shape index (κ2) is 10.5. The van der Waals surface area contributed by atoms with Gasteiger partial charge in [-0.25, -0.2) is 0 Å². The molecule has 2 saturated heterocycles. The van der Waals surface area contributed by atoms with Crippen molar-refractivity contribution in [3.8, 4) is 0 Å². The van der Waals surface area contributed by atoms with Gasteiger partial charge in [0.1, 0.15) is 11.6 Å². The van der Waals surface area contributed by atoms with E-state index in [0.29, 0.717) is 11.6 Å². The van der Waals surface area contributed by atoms with Crippen LogP contribution in [-0.4, -0.2) is 46.4 Å². The van der Waals surface area contributed by atoms with E-state index in [0.717, 1.165) is 36.8 Å². The highest BCUT2D eigenvalue weighted by Crippen LogP contribution is 2.55. The van der Waals surface area contributed by atoms with E-state index in [4.69, 9.17) is 4.74 Å². The van der Waals surface area contributed by atoms with Crippen molar-refractivity contribution in [2.24, 2.45) is 11.8 Å². The summed E-state index contributed by atoms with van der Waals surface area (Å²) in [7, 11) is 0. The fourth-order valence-corrected chi connectivity index (χ4v) is 7.03. The number of likely N-dealkylation sites (tertiary alicyclic amines) is 1. The Morgan fingerprint density at radius 3 is 2.38 bits per heavy atom. The fourth-order valence-electron chi connectivity index (χ4n) is 7.03. The highest BCUT2D eigenvalue weighted by molar-refractivity contribution is 6.02. The zero-order chi connectivity index (χ0) is 28.0. The first-order valence-corrected chi connectivity index (χ1v) is 14.7. The number of nitrogens with zero attached hydrogens (tertiary/aromatic N) is 1. The molecule has 4 aliphatic rings. The summed E-state index contributed by atoms with van der Waals surface area (Å²) in [5.41, 5.74) is 2.78. The van der Waals surface area contributed by atoms with Crippen LogP contribution in [0, 0.1) is 18.8 Å². The molecule has 0 aromatic heterocycles. The molecule has 2 aromatic rings. The summed E-state index contributed by atoms with van der Waals surface area (Å²) in [4.78, 5) is 43.5. The average Bonchev–Trinajstić information content (AvgIpc) is 3.58. The van der Waals surface area contributed by atoms with Crippen molar-refractivity contribution in [3.63, 3.8) is 0 Å². The van der Waals surface area contributed by atoms with Crippen LogP contribution in [0.25, 0.3) is 0 Å². The van der Waals surface area contributed by atoms with Crippen LogP contribution in [0.3, 0.4) is 0 Å². The lowest BCUT2D eigenvalue weighted by Crippen LogP contribution is -2.56. The van der Waals surface area contributed by atoms with E-state index in [1.165, 1.54) is 12.0 Å². The first-order valence-electron chi connectivity index (χ1n) is 14.7. The molecule has 40 heavy (non-hydrogen) atoms. The summed E-state index contributed by atoms with van der Waals surface area (Å²) in [6, 6.07) is 15.1. The molecule has 2 N–H and O–H groups in total. The van der Waals surface area contributed by atoms with Crippen molar-refractivity contribution in [2.45, 2.75) is 89.1 Å². The number of anilines is 1. The third kappa shape index (κ3) is 4.64. The number of hydrogen-bond acceptors (Lipinski definition) is 4. The monoisotopic (exact) mass is 541 g/mol. The van der Waals surface area contributed by atoms with E-state index in [1.807, 2.05) is 67.6 Å². The lowest BCUT2D eigenvalue weighted by molar-refractivity contribution is -0.142. The van der Waals surface area contributed by atoms with E-state index in [1.54, 1.807) is 4.90 Å². The molecule has 2 bridgehead atoms. The average molecular weight is 542 g/mol. The highest BCUT2D eigenvalue weighted by atomic mass is 16.5. The van der Waals surface area contributed by atoms with Crippen LogP contribution in [0.2, 0.25) is 0 Å². The van der Waals surface area contributed by atoms with E-state index in [2.05, 4.69) is 24.5 Å². The van der Waals surface area contributed by atoms with Gasteiger partial charge in [-0.15, -0.1) is 0 Å². The van der Waals surface area contributed by atoms with Crippen LogP contribution in [-0.2, 0) is 25.7 Å². The van der Waals surface area contributed by atoms with Gasteiger partial charge in [-0.3, -0.25) is 14.4 Å². The van der Waals surface area contributed by atoms with Crippen molar-refractivity contribution in [1.82, 2.24) is 10.2 Å². The van der Waals surface area contributed by atoms with Crippen LogP contribution in [0.15, 0.2) is 60.7 Å². The molecule has 3 fully saturated rings. The van der Waals surface area contributed by atoms with Gasteiger partial charge in [-0.1, -0.05) is 87.2 Å². The Labute approximate surface area is 236 Å². The van der Waals surface area contributed by atoms with E-state index in [9.17, 15) is 14.4 Å². The van der Waals surface area contributed by atoms with Gasteiger partial charge in [0.15, 0.2) is 0 Å². The summed E-state index contributed by atoms with van der Waals surface area (Å²) >= 11 is 0. The van der Waals surface area contributed by atoms with Crippen LogP contribution >= 0.6 is 0 Å². The number of aryl methyl sites for hydroxylation is 1. The van der Waals surface area contributed by atoms with Crippen LogP contribution < -0.4 is 10.6 Å². The number of amides is 3. The quantitative estimate of drug-likeness (QED) is 0.491. The predicted octanol–water partition coefficient (Wildman–Crippen LogP) is 4.86. The molecule has 1 aliphatic carbocycles. The molecule has 210 valence electrons. The van der Waals surface area contributed by atoms with Crippen molar-refractivity contribution in [3.05, 3.63) is 77.4 Å². The second-order valence-electron chi connectivity index (χ2n) is 12.3. The Morgan fingerprint density at radius 2 is 1.70 bits per heavy atom. The number of hydrogen-bond donors (Lipinski definition) is 2. The molecular formula is C33H39N3O4. The topological polar surface area (TPSA) is 87.7 Å². The van der Waals surface area contributed by atoms with Crippen molar-refractivity contribution >= 4 is 23.4 Å². The Morgan fingerprint density at radius 1 is 1.00 bits per heavy atom. The van der Waals surface area contributed by atoms with Crippen LogP contribution in [0.5, 0.6) is 0 Å². The first-order chi connectivity index (χ1) is 19.3. The predicted molar refractivity (Wildman–Crippen MR) is 153 cm³/mol. The van der Waals surface area contributed by atoms with Gasteiger partial charge < -0.3 is 20.3 Å². The molecule has 3 aliphatic heterocycles. The van der Waals surface area contributed by atoms with Crippen LogP contribution in [0.1, 0.15) is 68.6 Å². The molecule has 1 spiro atoms. The first kappa shape index (κ1) is 26.8. The van der Waals surface area contributed by atoms with E-state index in [-0.39, 0.29) is 30.3 Å². The SMILES string of the molecule is Cc1ccc(CN2C(=O)[C@H]3[C@@H](C(=O)Nc4ccc(C(C)C)cc4)[C@H]4C=C[C@@]3(O4)[C@H]2C(=O)NC2CCCCC2)cc1. The number of carbonyl (C=O) groups excluding carboxylic acids is 3. The van der Waals surface area contributed by atoms with Gasteiger partial charge >= 0.3 is 0 Å². The summed E-state index contributed by atoms with van der Waals surface area (Å²) in [5, 5.41) is 6.27. The number of ether oxygens (including phenoxy) is 1. The minimum absolute atomic E-state index is 0.100. The summed E-state index contributed by atoms with van der Waals surface area (Å²) in [6.45, 7) is 6.56. The van der Waals surface area contributed by atoms with Crippen molar-refractivity contribution in [1.29, 1.82) is 0 Å². The maximum atomic E-state index is 14.2.